The molecule has 94 valence electrons. The van der Waals surface area contributed by atoms with Gasteiger partial charge in [-0.05, 0) is 0 Å². The topological polar surface area (TPSA) is 75.6 Å². The monoisotopic (exact) mass is 224 g/mol. The number of hydrogen-bond acceptors (Lipinski definition) is 4. The summed E-state index contributed by atoms with van der Waals surface area (Å²) in [6, 6.07) is 0. The van der Waals surface area contributed by atoms with Crippen LogP contribution in [0.25, 0.3) is 0 Å². The van der Waals surface area contributed by atoms with Crippen LogP contribution in [0.4, 0.5) is 0 Å². The summed E-state index contributed by atoms with van der Waals surface area (Å²) >= 11 is 0. The van der Waals surface area contributed by atoms with Gasteiger partial charge >= 0.3 is 0 Å². The van der Waals surface area contributed by atoms with Crippen LogP contribution in [0.5, 0.6) is 0 Å². The highest BCUT2D eigenvalue weighted by Gasteiger charge is 1.88. The summed E-state index contributed by atoms with van der Waals surface area (Å²) in [6.45, 7) is 0. The van der Waals surface area contributed by atoms with Gasteiger partial charge in [-0.1, -0.05) is 0 Å². The maximum atomic E-state index is 8.87. The maximum absolute atomic E-state index is 8.87. The Morgan fingerprint density at radius 3 is 0.867 bits per heavy atom. The van der Waals surface area contributed by atoms with Gasteiger partial charge in [-0.2, -0.15) is 0 Å². The highest BCUT2D eigenvalue weighted by atomic mass is 17.1. The molecule has 0 aliphatic rings. The third-order valence-electron chi connectivity index (χ3n) is 0.0861. The minimum absolute atomic E-state index is 1.00. The molecule has 0 amide bonds. The molecule has 0 atom stereocenters. The summed E-state index contributed by atoms with van der Waals surface area (Å²) in [5.41, 5.74) is 0. The van der Waals surface area contributed by atoms with Crippen molar-refractivity contribution >= 4 is 7.32 Å². The lowest BCUT2D eigenvalue weighted by Gasteiger charge is -2.18. The van der Waals surface area contributed by atoms with Gasteiger partial charge in [-0.25, -0.2) is 0 Å². The summed E-state index contributed by atoms with van der Waals surface area (Å²) < 4.78 is 2.00. The molecule has 0 aliphatic heterocycles. The number of rotatable bonds is 1. The molecule has 0 saturated heterocycles. The van der Waals surface area contributed by atoms with Crippen LogP contribution < -0.4 is 10.0 Å². The molecule has 6 nitrogen and oxygen atoms in total. The average molecular weight is 224 g/mol. The fourth-order valence-corrected chi connectivity index (χ4v) is 0. The van der Waals surface area contributed by atoms with Crippen molar-refractivity contribution in [1.29, 1.82) is 0 Å². The van der Waals surface area contributed by atoms with E-state index < -0.39 is 7.32 Å². The Morgan fingerprint density at radius 2 is 0.867 bits per heavy atom. The molecule has 7 heteroatoms. The zero-order valence-electron chi connectivity index (χ0n) is 11.1. The van der Waals surface area contributed by atoms with Crippen molar-refractivity contribution in [3.8, 4) is 0 Å². The van der Waals surface area contributed by atoms with Crippen LogP contribution in [0.15, 0.2) is 0 Å². The van der Waals surface area contributed by atoms with Crippen molar-refractivity contribution in [3.63, 3.8) is 0 Å². The van der Waals surface area contributed by atoms with E-state index in [1.807, 2.05) is 0 Å². The number of quaternary nitrogens is 2. The average Bonchev–Trinajstić information content (AvgIpc) is 1.79. The first-order chi connectivity index (χ1) is 6.27. The second kappa shape index (κ2) is 9.08. The van der Waals surface area contributed by atoms with E-state index >= 15 is 0 Å². The van der Waals surface area contributed by atoms with E-state index in [-0.39, 0.29) is 0 Å². The van der Waals surface area contributed by atoms with Crippen LogP contribution in [-0.4, -0.2) is 77.9 Å². The standard InChI is InChI=1S/2C4H12N.BHO4/c2*1-5(2,3)4;2-1(3)5-4/h2*1-4H3;4H/q2*+1;-2. The third kappa shape index (κ3) is 580. The quantitative estimate of drug-likeness (QED) is 0.238. The molecule has 0 bridgehead atoms. The number of hydrogen-bond donors (Lipinski definition) is 1. The van der Waals surface area contributed by atoms with Gasteiger partial charge in [0, 0.05) is 0 Å². The van der Waals surface area contributed by atoms with E-state index in [2.05, 4.69) is 61.2 Å². The molecule has 0 aliphatic carbocycles. The minimum Gasteiger partial charge on any atom is -0.868 e. The van der Waals surface area contributed by atoms with Gasteiger partial charge in [-0.15, -0.1) is 0 Å². The molecule has 0 aromatic carbocycles. The third-order valence-corrected chi connectivity index (χ3v) is 0.0861. The van der Waals surface area contributed by atoms with Crippen molar-refractivity contribution in [2.45, 2.75) is 0 Å². The Kier molecular flexibility index (Phi) is 12.3. The molecule has 1 N–H and O–H groups in total. The highest BCUT2D eigenvalue weighted by molar-refractivity contribution is 6.27. The summed E-state index contributed by atoms with van der Waals surface area (Å²) in [6.07, 6.45) is 0. The molecule has 0 aromatic rings. The first kappa shape index (κ1) is 20.3. The minimum atomic E-state index is -2.56. The molecule has 0 radical (unpaired) electrons. The largest absolute Gasteiger partial charge is 0.868 e. The summed E-state index contributed by atoms with van der Waals surface area (Å²) in [4.78, 5) is 2.64. The molecule has 0 unspecified atom stereocenters. The van der Waals surface area contributed by atoms with Crippen LogP contribution in [0, 0.1) is 0 Å². The van der Waals surface area contributed by atoms with Crippen molar-refractivity contribution < 1.29 is 29.1 Å². The van der Waals surface area contributed by atoms with Gasteiger partial charge in [0.05, 0.1) is 56.4 Å². The van der Waals surface area contributed by atoms with Gasteiger partial charge in [0.15, 0.2) is 0 Å². The van der Waals surface area contributed by atoms with Gasteiger partial charge in [0.25, 0.3) is 0 Å². The predicted molar refractivity (Wildman–Crippen MR) is 57.4 cm³/mol. The van der Waals surface area contributed by atoms with E-state index in [1.165, 1.54) is 0 Å². The first-order valence-corrected chi connectivity index (χ1v) is 4.47. The first-order valence-electron chi connectivity index (χ1n) is 4.47. The Hall–Kier alpha value is -0.175. The summed E-state index contributed by atoms with van der Waals surface area (Å²) in [5, 5.41) is 24.8. The van der Waals surface area contributed by atoms with Gasteiger partial charge in [0.1, 0.15) is 7.32 Å². The van der Waals surface area contributed by atoms with Gasteiger partial charge in [-0.3, -0.25) is 5.26 Å². The van der Waals surface area contributed by atoms with E-state index in [1.54, 1.807) is 0 Å². The Morgan fingerprint density at radius 1 is 0.800 bits per heavy atom. The molecular formula is C8H25BN2O4. The molecule has 0 spiro atoms. The molecular weight excluding hydrogens is 199 g/mol. The Balaban J connectivity index is -0.000000144. The van der Waals surface area contributed by atoms with Crippen molar-refractivity contribution in [3.05, 3.63) is 0 Å². The molecule has 0 heterocycles. The molecule has 15 heavy (non-hydrogen) atoms. The van der Waals surface area contributed by atoms with E-state index in [4.69, 9.17) is 15.3 Å². The van der Waals surface area contributed by atoms with Crippen LogP contribution in [0.2, 0.25) is 0 Å². The lowest BCUT2D eigenvalue weighted by atomic mass is 10.3. The van der Waals surface area contributed by atoms with Crippen molar-refractivity contribution in [2.75, 3.05) is 56.4 Å². The summed E-state index contributed by atoms with van der Waals surface area (Å²) in [5.74, 6) is 0. The molecule has 0 saturated carbocycles. The van der Waals surface area contributed by atoms with Crippen LogP contribution >= 0.6 is 0 Å². The van der Waals surface area contributed by atoms with E-state index in [0.717, 1.165) is 8.97 Å². The van der Waals surface area contributed by atoms with Gasteiger partial charge in [0.2, 0.25) is 0 Å². The fraction of sp³-hybridized carbons (Fsp3) is 1.00. The molecule has 0 aromatic heterocycles. The second-order valence-electron chi connectivity index (χ2n) is 5.76. The lowest BCUT2D eigenvalue weighted by molar-refractivity contribution is -0.849. The SMILES string of the molecule is C[N+](C)(C)C.C[N+](C)(C)C.[O-]B([O-])OO. The van der Waals surface area contributed by atoms with Crippen molar-refractivity contribution in [2.24, 2.45) is 0 Å². The van der Waals surface area contributed by atoms with E-state index in [9.17, 15) is 0 Å². The van der Waals surface area contributed by atoms with Crippen LogP contribution in [-0.2, 0) is 4.81 Å². The smallest absolute Gasteiger partial charge is 0.111 e. The van der Waals surface area contributed by atoms with Crippen molar-refractivity contribution in [1.82, 2.24) is 0 Å². The molecule has 0 rings (SSSR count). The Labute approximate surface area is 93.6 Å². The second-order valence-corrected chi connectivity index (χ2v) is 5.76. The van der Waals surface area contributed by atoms with Gasteiger partial charge < -0.3 is 23.8 Å². The maximum Gasteiger partial charge on any atom is 0.111 e. The highest BCUT2D eigenvalue weighted by Crippen LogP contribution is 1.74. The van der Waals surface area contributed by atoms with E-state index in [0.29, 0.717) is 0 Å². The molecule has 0 fully saturated rings. The van der Waals surface area contributed by atoms with Crippen LogP contribution in [0.1, 0.15) is 0 Å². The van der Waals surface area contributed by atoms with Crippen LogP contribution in [0.3, 0.4) is 0 Å². The normalized spacial score (nSPS) is 10.6. The zero-order valence-corrected chi connectivity index (χ0v) is 11.1. The number of nitrogens with zero attached hydrogens (tertiary/aromatic N) is 2. The fourth-order valence-electron chi connectivity index (χ4n) is 0. The lowest BCUT2D eigenvalue weighted by Crippen LogP contribution is -2.46. The zero-order chi connectivity index (χ0) is 13.3. The summed E-state index contributed by atoms with van der Waals surface area (Å²) in [7, 11) is 14.4. The predicted octanol–water partition coefficient (Wildman–Crippen LogP) is -2.17. The Bertz CT molecular complexity index is 108.